The van der Waals surface area contributed by atoms with Crippen molar-refractivity contribution in [3.8, 4) is 23.0 Å². The maximum Gasteiger partial charge on any atom is 0.336 e. The molecule has 7 nitrogen and oxygen atoms in total. The number of hydrogen-bond acceptors (Lipinski definition) is 7. The first-order valence-electron chi connectivity index (χ1n) is 11.9. The molecule has 0 amide bonds. The van der Waals surface area contributed by atoms with Gasteiger partial charge < -0.3 is 14.7 Å². The first-order valence-corrected chi connectivity index (χ1v) is 13.4. The number of aromatic hydroxyl groups is 1. The van der Waals surface area contributed by atoms with E-state index in [0.717, 1.165) is 44.0 Å². The molecule has 4 aromatic rings. The lowest BCUT2D eigenvalue weighted by atomic mass is 10.1. The van der Waals surface area contributed by atoms with E-state index in [1.54, 1.807) is 18.2 Å². The zero-order valence-electron chi connectivity index (χ0n) is 20.1. The molecule has 196 valence electrons. The van der Waals surface area contributed by atoms with E-state index >= 15 is 0 Å². The molecule has 1 aromatic heterocycles. The number of anilines is 1. The second kappa shape index (κ2) is 11.9. The number of hydrogen-bond donors (Lipinski definition) is 1. The second-order valence-corrected chi connectivity index (χ2v) is 10.5. The summed E-state index contributed by atoms with van der Waals surface area (Å²) in [7, 11) is 0. The van der Waals surface area contributed by atoms with Gasteiger partial charge in [0.25, 0.3) is 0 Å². The Labute approximate surface area is 240 Å². The zero-order chi connectivity index (χ0) is 26.6. The van der Waals surface area contributed by atoms with Crippen molar-refractivity contribution in [2.75, 3.05) is 31.1 Å². The van der Waals surface area contributed by atoms with Crippen LogP contribution >= 0.6 is 46.4 Å². The molecule has 0 radical (unpaired) electrons. The van der Waals surface area contributed by atoms with Crippen molar-refractivity contribution in [2.45, 2.75) is 13.2 Å². The standard InChI is InChI=1S/C27H23Cl4N5O2/c28-20-5-6-25(21(29)13-20)36-9-7-35(8-10-36)15-17-1-3-18(4-2-17)16-38-27-32-14-24(33-34-27)19-11-22(30)26(37)23(31)12-19/h1-6,11-14,37H,7-10,15-16H2. The lowest BCUT2D eigenvalue weighted by Gasteiger charge is -2.36. The molecular formula is C27H23Cl4N5O2. The maximum absolute atomic E-state index is 9.72. The van der Waals surface area contributed by atoms with Gasteiger partial charge in [-0.3, -0.25) is 4.90 Å². The molecule has 0 unspecified atom stereocenters. The van der Waals surface area contributed by atoms with Crippen LogP contribution in [0, 0.1) is 0 Å². The molecule has 1 aliphatic heterocycles. The summed E-state index contributed by atoms with van der Waals surface area (Å²) in [5, 5.41) is 19.5. The summed E-state index contributed by atoms with van der Waals surface area (Å²) in [6.45, 7) is 4.92. The number of phenols is 1. The van der Waals surface area contributed by atoms with Crippen LogP contribution < -0.4 is 9.64 Å². The summed E-state index contributed by atoms with van der Waals surface area (Å²) in [5.74, 6) is -0.175. The van der Waals surface area contributed by atoms with E-state index in [9.17, 15) is 5.11 Å². The van der Waals surface area contributed by atoms with Crippen LogP contribution in [0.1, 0.15) is 11.1 Å². The molecule has 1 N–H and O–H groups in total. The number of nitrogens with zero attached hydrogens (tertiary/aromatic N) is 5. The van der Waals surface area contributed by atoms with Gasteiger partial charge >= 0.3 is 6.01 Å². The molecule has 3 aromatic carbocycles. The largest absolute Gasteiger partial charge is 0.505 e. The van der Waals surface area contributed by atoms with Crippen LogP contribution in [0.5, 0.6) is 11.8 Å². The predicted molar refractivity (Wildman–Crippen MR) is 152 cm³/mol. The van der Waals surface area contributed by atoms with Crippen molar-refractivity contribution in [1.29, 1.82) is 0 Å². The number of phenolic OH excluding ortho intramolecular Hbond substituents is 1. The summed E-state index contributed by atoms with van der Waals surface area (Å²) in [4.78, 5) is 8.95. The van der Waals surface area contributed by atoms with Gasteiger partial charge in [-0.1, -0.05) is 75.8 Å². The number of piperazine rings is 1. The molecule has 11 heteroatoms. The Morgan fingerprint density at radius 2 is 1.47 bits per heavy atom. The third kappa shape index (κ3) is 6.42. The molecule has 0 bridgehead atoms. The van der Waals surface area contributed by atoms with Gasteiger partial charge in [0.2, 0.25) is 0 Å². The SMILES string of the molecule is Oc1c(Cl)cc(-c2cnc(OCc3ccc(CN4CCN(c5ccc(Cl)cc5Cl)CC4)cc3)nn2)cc1Cl. The van der Waals surface area contributed by atoms with Crippen molar-refractivity contribution in [3.63, 3.8) is 0 Å². The van der Waals surface area contributed by atoms with Gasteiger partial charge in [0.05, 0.1) is 27.0 Å². The summed E-state index contributed by atoms with van der Waals surface area (Å²) in [6.07, 6.45) is 1.52. The van der Waals surface area contributed by atoms with E-state index < -0.39 is 0 Å². The minimum Gasteiger partial charge on any atom is -0.505 e. The Bertz CT molecular complexity index is 1390. The van der Waals surface area contributed by atoms with Crippen LogP contribution in [0.25, 0.3) is 11.3 Å². The average molecular weight is 591 g/mol. The van der Waals surface area contributed by atoms with E-state index in [-0.39, 0.29) is 21.8 Å². The minimum atomic E-state index is -0.175. The molecule has 1 saturated heterocycles. The Hall–Kier alpha value is -2.81. The van der Waals surface area contributed by atoms with Gasteiger partial charge in [0.15, 0.2) is 5.75 Å². The van der Waals surface area contributed by atoms with Crippen molar-refractivity contribution in [1.82, 2.24) is 20.1 Å². The van der Waals surface area contributed by atoms with Crippen LogP contribution in [0.3, 0.4) is 0 Å². The van der Waals surface area contributed by atoms with Crippen molar-refractivity contribution in [2.24, 2.45) is 0 Å². The van der Waals surface area contributed by atoms with E-state index in [0.29, 0.717) is 27.9 Å². The summed E-state index contributed by atoms with van der Waals surface area (Å²) >= 11 is 24.4. The van der Waals surface area contributed by atoms with Crippen LogP contribution in [-0.4, -0.2) is 51.4 Å². The number of aromatic nitrogens is 3. The van der Waals surface area contributed by atoms with Gasteiger partial charge in [-0.05, 0) is 41.5 Å². The first-order chi connectivity index (χ1) is 18.4. The number of ether oxygens (including phenoxy) is 1. The smallest absolute Gasteiger partial charge is 0.336 e. The molecule has 38 heavy (non-hydrogen) atoms. The molecule has 1 fully saturated rings. The molecule has 0 spiro atoms. The van der Waals surface area contributed by atoms with Crippen molar-refractivity contribution in [3.05, 3.63) is 92.0 Å². The Morgan fingerprint density at radius 1 is 0.789 bits per heavy atom. The number of halogens is 4. The van der Waals surface area contributed by atoms with Gasteiger partial charge in [0, 0.05) is 43.3 Å². The molecular weight excluding hydrogens is 568 g/mol. The third-order valence-corrected chi connectivity index (χ3v) is 7.39. The highest BCUT2D eigenvalue weighted by Gasteiger charge is 2.19. The van der Waals surface area contributed by atoms with E-state index in [2.05, 4.69) is 37.1 Å². The highest BCUT2D eigenvalue weighted by molar-refractivity contribution is 6.37. The lowest BCUT2D eigenvalue weighted by molar-refractivity contribution is 0.249. The molecule has 0 saturated carbocycles. The normalized spacial score (nSPS) is 14.1. The number of benzene rings is 3. The Kier molecular flexibility index (Phi) is 8.41. The molecule has 0 aliphatic carbocycles. The quantitative estimate of drug-likeness (QED) is 0.255. The van der Waals surface area contributed by atoms with Gasteiger partial charge in [-0.2, -0.15) is 0 Å². The van der Waals surface area contributed by atoms with Crippen molar-refractivity contribution >= 4 is 52.1 Å². The molecule has 5 rings (SSSR count). The van der Waals surface area contributed by atoms with E-state index in [1.165, 1.54) is 11.8 Å². The summed E-state index contributed by atoms with van der Waals surface area (Å²) < 4.78 is 5.70. The summed E-state index contributed by atoms with van der Waals surface area (Å²) in [6, 6.07) is 17.2. The topological polar surface area (TPSA) is 74.6 Å². The van der Waals surface area contributed by atoms with Gasteiger partial charge in [-0.25, -0.2) is 4.98 Å². The Balaban J connectivity index is 1.11. The van der Waals surface area contributed by atoms with Gasteiger partial charge in [0.1, 0.15) is 12.3 Å². The van der Waals surface area contributed by atoms with E-state index in [4.69, 9.17) is 51.1 Å². The second-order valence-electron chi connectivity index (χ2n) is 8.88. The van der Waals surface area contributed by atoms with Gasteiger partial charge in [-0.15, -0.1) is 5.10 Å². The minimum absolute atomic E-state index is 0.128. The average Bonchev–Trinajstić information content (AvgIpc) is 2.92. The predicted octanol–water partition coefficient (Wildman–Crippen LogP) is 6.76. The lowest BCUT2D eigenvalue weighted by Crippen LogP contribution is -2.46. The van der Waals surface area contributed by atoms with Crippen LogP contribution in [0.2, 0.25) is 20.1 Å². The number of rotatable bonds is 7. The maximum atomic E-state index is 9.72. The first kappa shape index (κ1) is 26.8. The fraction of sp³-hybridized carbons (Fsp3) is 0.222. The summed E-state index contributed by atoms with van der Waals surface area (Å²) in [5.41, 5.74) is 4.32. The third-order valence-electron chi connectivity index (χ3n) is 6.27. The van der Waals surface area contributed by atoms with Crippen molar-refractivity contribution < 1.29 is 9.84 Å². The highest BCUT2D eigenvalue weighted by Crippen LogP contribution is 2.35. The zero-order valence-corrected chi connectivity index (χ0v) is 23.1. The molecule has 0 atom stereocenters. The molecule has 1 aliphatic rings. The fourth-order valence-corrected chi connectivity index (χ4v) is 5.22. The monoisotopic (exact) mass is 589 g/mol. The van der Waals surface area contributed by atoms with Crippen LogP contribution in [-0.2, 0) is 13.2 Å². The van der Waals surface area contributed by atoms with E-state index in [1.807, 2.05) is 24.3 Å². The highest BCUT2D eigenvalue weighted by atomic mass is 35.5. The van der Waals surface area contributed by atoms with Crippen LogP contribution in [0.4, 0.5) is 5.69 Å². The molecule has 2 heterocycles. The Morgan fingerprint density at radius 3 is 2.11 bits per heavy atom. The van der Waals surface area contributed by atoms with Crippen LogP contribution in [0.15, 0.2) is 60.8 Å². The fourth-order valence-electron chi connectivity index (χ4n) is 4.21.